The van der Waals surface area contributed by atoms with Gasteiger partial charge >= 0.3 is 6.18 Å². The molecule has 4 heterocycles. The Morgan fingerprint density at radius 3 is 2.60 bits per heavy atom. The van der Waals surface area contributed by atoms with Crippen molar-refractivity contribution in [1.29, 1.82) is 0 Å². The van der Waals surface area contributed by atoms with E-state index in [0.29, 0.717) is 49.6 Å². The molecule has 1 aliphatic rings. The summed E-state index contributed by atoms with van der Waals surface area (Å²) >= 11 is 0. The molecular formula is C28H26F3N7O2. The van der Waals surface area contributed by atoms with Crippen molar-refractivity contribution in [2.75, 3.05) is 44.6 Å². The molecule has 1 saturated heterocycles. The Hall–Kier alpha value is -4.31. The van der Waals surface area contributed by atoms with E-state index in [1.54, 1.807) is 29.0 Å². The van der Waals surface area contributed by atoms with Crippen molar-refractivity contribution >= 4 is 17.2 Å². The number of amides is 1. The van der Waals surface area contributed by atoms with Crippen molar-refractivity contribution in [2.24, 2.45) is 0 Å². The van der Waals surface area contributed by atoms with Crippen LogP contribution < -0.4 is 5.32 Å². The molecule has 1 fully saturated rings. The van der Waals surface area contributed by atoms with Gasteiger partial charge in [0.05, 0.1) is 23.9 Å². The fourth-order valence-corrected chi connectivity index (χ4v) is 4.50. The van der Waals surface area contributed by atoms with Crippen molar-refractivity contribution in [1.82, 2.24) is 29.4 Å². The lowest BCUT2D eigenvalue weighted by molar-refractivity contribution is -0.138. The summed E-state index contributed by atoms with van der Waals surface area (Å²) in [6.07, 6.45) is 1.42. The highest BCUT2D eigenvalue weighted by Gasteiger charge is 2.34. The number of pyridine rings is 1. The number of aromatic nitrogens is 4. The fourth-order valence-electron chi connectivity index (χ4n) is 4.50. The number of carbonyl (C=O) groups is 1. The highest BCUT2D eigenvalue weighted by Crippen LogP contribution is 2.34. The number of aliphatic hydroxyl groups is 1. The van der Waals surface area contributed by atoms with Crippen LogP contribution >= 0.6 is 0 Å². The van der Waals surface area contributed by atoms with Crippen LogP contribution in [0.2, 0.25) is 0 Å². The first kappa shape index (κ1) is 27.3. The lowest BCUT2D eigenvalue weighted by atomic mass is 10.0. The van der Waals surface area contributed by atoms with Crippen LogP contribution in [0.4, 0.5) is 18.9 Å². The zero-order valence-corrected chi connectivity index (χ0v) is 21.4. The molecule has 0 unspecified atom stereocenters. The zero-order chi connectivity index (χ0) is 28.1. The van der Waals surface area contributed by atoms with Gasteiger partial charge in [-0.2, -0.15) is 18.3 Å². The molecule has 4 aromatic rings. The number of alkyl halides is 3. The van der Waals surface area contributed by atoms with Gasteiger partial charge in [0.25, 0.3) is 5.91 Å². The third-order valence-corrected chi connectivity index (χ3v) is 6.56. The molecule has 3 aromatic heterocycles. The standard InChI is InChI=1S/C28H26F3N7O2/c29-28(30,31)25-15-23(5-4-21(25)19-37-10-8-36(9-11-37)12-13-39)35-27(40)22-14-20(16-32-17-22)3-6-24-18-33-26-2-1-7-34-38(24)26/h1-2,4-5,7,14-18,39H,8-13,19H2,(H,35,40). The molecule has 12 heteroatoms. The molecule has 9 nitrogen and oxygen atoms in total. The zero-order valence-electron chi connectivity index (χ0n) is 21.4. The maximum atomic E-state index is 14.0. The molecular weight excluding hydrogens is 523 g/mol. The minimum Gasteiger partial charge on any atom is -0.395 e. The summed E-state index contributed by atoms with van der Waals surface area (Å²) in [5.41, 5.74) is 1.18. The molecule has 1 amide bonds. The number of rotatable bonds is 6. The van der Waals surface area contributed by atoms with E-state index in [2.05, 4.69) is 37.1 Å². The Balaban J connectivity index is 1.29. The highest BCUT2D eigenvalue weighted by molar-refractivity contribution is 6.04. The largest absolute Gasteiger partial charge is 0.416 e. The van der Waals surface area contributed by atoms with Crippen LogP contribution in [0, 0.1) is 11.8 Å². The third-order valence-electron chi connectivity index (χ3n) is 6.56. The molecule has 5 rings (SSSR count). The summed E-state index contributed by atoms with van der Waals surface area (Å²) in [4.78, 5) is 25.2. The van der Waals surface area contributed by atoms with Gasteiger partial charge < -0.3 is 10.4 Å². The monoisotopic (exact) mass is 549 g/mol. The Bertz CT molecular complexity index is 1570. The van der Waals surface area contributed by atoms with E-state index in [4.69, 9.17) is 5.11 Å². The van der Waals surface area contributed by atoms with Gasteiger partial charge in [-0.15, -0.1) is 0 Å². The number of nitrogens with one attached hydrogen (secondary N) is 1. The minimum absolute atomic E-state index is 0.0298. The van der Waals surface area contributed by atoms with E-state index in [1.165, 1.54) is 30.6 Å². The van der Waals surface area contributed by atoms with Crippen molar-refractivity contribution in [3.63, 3.8) is 0 Å². The molecule has 206 valence electrons. The van der Waals surface area contributed by atoms with Gasteiger partial charge in [-0.05, 0) is 41.8 Å². The number of nitrogens with zero attached hydrogens (tertiary/aromatic N) is 6. The van der Waals surface area contributed by atoms with E-state index in [9.17, 15) is 18.0 Å². The predicted octanol–water partition coefficient (Wildman–Crippen LogP) is 2.91. The maximum absolute atomic E-state index is 14.0. The topological polar surface area (TPSA) is 98.9 Å². The lowest BCUT2D eigenvalue weighted by Crippen LogP contribution is -2.46. The summed E-state index contributed by atoms with van der Waals surface area (Å²) in [6, 6.07) is 8.91. The maximum Gasteiger partial charge on any atom is 0.416 e. The van der Waals surface area contributed by atoms with Crippen LogP contribution in [0.3, 0.4) is 0 Å². The van der Waals surface area contributed by atoms with E-state index in [1.807, 2.05) is 4.90 Å². The van der Waals surface area contributed by atoms with Crippen LogP contribution in [0.5, 0.6) is 0 Å². The average molecular weight is 550 g/mol. The Morgan fingerprint density at radius 2 is 1.82 bits per heavy atom. The molecule has 1 aliphatic heterocycles. The van der Waals surface area contributed by atoms with E-state index >= 15 is 0 Å². The third kappa shape index (κ3) is 6.45. The summed E-state index contributed by atoms with van der Waals surface area (Å²) in [5, 5.41) is 15.8. The first-order valence-electron chi connectivity index (χ1n) is 12.6. The number of hydrogen-bond acceptors (Lipinski definition) is 7. The number of piperazine rings is 1. The van der Waals surface area contributed by atoms with Crippen LogP contribution in [0.1, 0.15) is 32.7 Å². The number of imidazole rings is 1. The summed E-state index contributed by atoms with van der Waals surface area (Å²) in [5.74, 6) is 5.26. The molecule has 0 spiro atoms. The molecule has 0 bridgehead atoms. The second kappa shape index (κ2) is 11.8. The van der Waals surface area contributed by atoms with E-state index in [-0.39, 0.29) is 30.0 Å². The van der Waals surface area contributed by atoms with Crippen molar-refractivity contribution in [3.05, 3.63) is 89.1 Å². The molecule has 40 heavy (non-hydrogen) atoms. The summed E-state index contributed by atoms with van der Waals surface area (Å²) in [6.45, 7) is 3.33. The number of carbonyl (C=O) groups excluding carboxylic acids is 1. The van der Waals surface area contributed by atoms with Gasteiger partial charge in [0.1, 0.15) is 5.69 Å². The van der Waals surface area contributed by atoms with Gasteiger partial charge in [0, 0.05) is 69.1 Å². The number of hydrogen-bond donors (Lipinski definition) is 2. The molecule has 0 saturated carbocycles. The number of halogens is 3. The smallest absolute Gasteiger partial charge is 0.395 e. The number of β-amino-alcohol motifs (C(OH)–C–C–N with tert-alkyl or cyclic N) is 1. The Kier molecular flexibility index (Phi) is 8.06. The quantitative estimate of drug-likeness (QED) is 0.357. The van der Waals surface area contributed by atoms with Crippen LogP contribution in [0.25, 0.3) is 5.65 Å². The fraction of sp³-hybridized carbons (Fsp3) is 0.286. The number of aliphatic hydroxyl groups excluding tert-OH is 1. The predicted molar refractivity (Wildman–Crippen MR) is 141 cm³/mol. The molecule has 0 radical (unpaired) electrons. The Morgan fingerprint density at radius 1 is 1.02 bits per heavy atom. The van der Waals surface area contributed by atoms with Gasteiger partial charge in [-0.3, -0.25) is 19.6 Å². The highest BCUT2D eigenvalue weighted by atomic mass is 19.4. The average Bonchev–Trinajstić information content (AvgIpc) is 3.36. The summed E-state index contributed by atoms with van der Waals surface area (Å²) < 4.78 is 43.4. The second-order valence-electron chi connectivity index (χ2n) is 9.31. The van der Waals surface area contributed by atoms with Gasteiger partial charge in [-0.25, -0.2) is 9.50 Å². The van der Waals surface area contributed by atoms with E-state index < -0.39 is 17.6 Å². The normalized spacial score (nSPS) is 14.6. The van der Waals surface area contributed by atoms with Crippen molar-refractivity contribution in [3.8, 4) is 11.8 Å². The van der Waals surface area contributed by atoms with Crippen LogP contribution in [-0.4, -0.2) is 79.7 Å². The van der Waals surface area contributed by atoms with Gasteiger partial charge in [-0.1, -0.05) is 12.0 Å². The van der Waals surface area contributed by atoms with Gasteiger partial charge in [0.15, 0.2) is 5.65 Å². The Labute approximate surface area is 228 Å². The van der Waals surface area contributed by atoms with E-state index in [0.717, 1.165) is 6.07 Å². The summed E-state index contributed by atoms with van der Waals surface area (Å²) in [7, 11) is 0. The second-order valence-corrected chi connectivity index (χ2v) is 9.31. The molecule has 1 aromatic carbocycles. The van der Waals surface area contributed by atoms with Crippen LogP contribution in [0.15, 0.2) is 61.2 Å². The lowest BCUT2D eigenvalue weighted by Gasteiger charge is -2.34. The minimum atomic E-state index is -4.58. The number of anilines is 1. The number of fused-ring (bicyclic) bond motifs is 1. The molecule has 0 atom stereocenters. The molecule has 0 aliphatic carbocycles. The first-order valence-corrected chi connectivity index (χ1v) is 12.6. The molecule has 2 N–H and O–H groups in total. The SMILES string of the molecule is O=C(Nc1ccc(CN2CCN(CCO)CC2)c(C(F)(F)F)c1)c1cncc(C#Cc2cnc3cccnn23)c1. The number of benzene rings is 1. The van der Waals surface area contributed by atoms with Gasteiger partial charge in [0.2, 0.25) is 0 Å². The van der Waals surface area contributed by atoms with Crippen molar-refractivity contribution < 1.29 is 23.1 Å². The van der Waals surface area contributed by atoms with Crippen molar-refractivity contribution in [2.45, 2.75) is 12.7 Å². The van der Waals surface area contributed by atoms with Crippen LogP contribution in [-0.2, 0) is 12.7 Å². The first-order chi connectivity index (χ1) is 19.3.